The van der Waals surface area contributed by atoms with Crippen LogP contribution in [0.1, 0.15) is 12.5 Å². The van der Waals surface area contributed by atoms with E-state index in [2.05, 4.69) is 4.74 Å². The Morgan fingerprint density at radius 3 is 2.83 bits per heavy atom. The van der Waals surface area contributed by atoms with Crippen LogP contribution in [0, 0.1) is 10.1 Å². The van der Waals surface area contributed by atoms with Crippen molar-refractivity contribution in [2.45, 2.75) is 18.9 Å². The number of carbonyl (C=O) groups is 1. The summed E-state index contributed by atoms with van der Waals surface area (Å²) in [4.78, 5) is 21.9. The molecule has 6 nitrogen and oxygen atoms in total. The number of rotatable bonds is 2. The first-order chi connectivity index (χ1) is 8.37. The van der Waals surface area contributed by atoms with Crippen molar-refractivity contribution in [1.82, 2.24) is 0 Å². The summed E-state index contributed by atoms with van der Waals surface area (Å²) in [5, 5.41) is 11.1. The molecule has 1 aromatic rings. The summed E-state index contributed by atoms with van der Waals surface area (Å²) in [6, 6.07) is 2.75. The SMILES string of the molecule is COC(=O)C1(C)Cc2cc(Cl)cc([N+](=O)[O-])c2O1. The number of ether oxygens (including phenoxy) is 2. The van der Waals surface area contributed by atoms with Gasteiger partial charge in [0.05, 0.1) is 12.0 Å². The number of halogens is 1. The zero-order chi connectivity index (χ0) is 13.5. The van der Waals surface area contributed by atoms with Crippen LogP contribution in [-0.4, -0.2) is 23.6 Å². The van der Waals surface area contributed by atoms with Gasteiger partial charge < -0.3 is 9.47 Å². The number of nitrogens with zero attached hydrogens (tertiary/aromatic N) is 1. The van der Waals surface area contributed by atoms with Crippen molar-refractivity contribution >= 4 is 23.3 Å². The van der Waals surface area contributed by atoms with Gasteiger partial charge in [0.15, 0.2) is 0 Å². The van der Waals surface area contributed by atoms with Crippen LogP contribution in [0.4, 0.5) is 5.69 Å². The summed E-state index contributed by atoms with van der Waals surface area (Å²) in [6.45, 7) is 1.52. The lowest BCUT2D eigenvalue weighted by molar-refractivity contribution is -0.386. The Labute approximate surface area is 108 Å². The Kier molecular flexibility index (Phi) is 2.90. The fourth-order valence-electron chi connectivity index (χ4n) is 1.97. The first kappa shape index (κ1) is 12.6. The molecule has 1 unspecified atom stereocenters. The number of hydrogen-bond donors (Lipinski definition) is 0. The van der Waals surface area contributed by atoms with Gasteiger partial charge >= 0.3 is 11.7 Å². The fourth-order valence-corrected chi connectivity index (χ4v) is 2.21. The van der Waals surface area contributed by atoms with Gasteiger partial charge in [-0.05, 0) is 13.0 Å². The predicted molar refractivity (Wildman–Crippen MR) is 62.9 cm³/mol. The normalized spacial score (nSPS) is 21.1. The van der Waals surface area contributed by atoms with Crippen LogP contribution in [0.5, 0.6) is 5.75 Å². The minimum Gasteiger partial charge on any atom is -0.468 e. The van der Waals surface area contributed by atoms with Crippen molar-refractivity contribution in [3.63, 3.8) is 0 Å². The van der Waals surface area contributed by atoms with Gasteiger partial charge in [-0.2, -0.15) is 0 Å². The van der Waals surface area contributed by atoms with E-state index in [1.807, 2.05) is 0 Å². The van der Waals surface area contributed by atoms with Crippen LogP contribution in [0.25, 0.3) is 0 Å². The number of nitro benzene ring substituents is 1. The summed E-state index contributed by atoms with van der Waals surface area (Å²) in [6.07, 6.45) is 0.191. The Morgan fingerprint density at radius 2 is 2.28 bits per heavy atom. The topological polar surface area (TPSA) is 78.7 Å². The van der Waals surface area contributed by atoms with Crippen LogP contribution in [0.3, 0.4) is 0 Å². The molecule has 0 amide bonds. The van der Waals surface area contributed by atoms with Crippen molar-refractivity contribution in [2.24, 2.45) is 0 Å². The van der Waals surface area contributed by atoms with Gasteiger partial charge in [-0.15, -0.1) is 0 Å². The molecule has 1 aromatic carbocycles. The van der Waals surface area contributed by atoms with Crippen LogP contribution in [0.2, 0.25) is 5.02 Å². The highest BCUT2D eigenvalue weighted by molar-refractivity contribution is 6.31. The molecule has 96 valence electrons. The van der Waals surface area contributed by atoms with E-state index < -0.39 is 16.5 Å². The largest absolute Gasteiger partial charge is 0.468 e. The van der Waals surface area contributed by atoms with Crippen LogP contribution >= 0.6 is 11.6 Å². The molecule has 0 radical (unpaired) electrons. The summed E-state index contributed by atoms with van der Waals surface area (Å²) >= 11 is 5.80. The summed E-state index contributed by atoms with van der Waals surface area (Å²) in [7, 11) is 1.24. The lowest BCUT2D eigenvalue weighted by atomic mass is 9.99. The predicted octanol–water partition coefficient (Wildman–Crippen LogP) is 2.11. The Hall–Kier alpha value is -1.82. The third-order valence-corrected chi connectivity index (χ3v) is 3.00. The zero-order valence-corrected chi connectivity index (χ0v) is 10.5. The first-order valence-electron chi connectivity index (χ1n) is 5.11. The number of fused-ring (bicyclic) bond motifs is 1. The number of hydrogen-bond acceptors (Lipinski definition) is 5. The molecule has 0 saturated heterocycles. The van der Waals surface area contributed by atoms with Gasteiger partial charge in [0.25, 0.3) is 0 Å². The summed E-state index contributed by atoms with van der Waals surface area (Å²) in [5.74, 6) is -0.499. The third kappa shape index (κ3) is 1.88. The van der Waals surface area contributed by atoms with E-state index in [-0.39, 0.29) is 22.9 Å². The average molecular weight is 272 g/mol. The summed E-state index contributed by atoms with van der Waals surface area (Å²) < 4.78 is 10.1. The third-order valence-electron chi connectivity index (χ3n) is 2.78. The molecule has 0 fully saturated rings. The van der Waals surface area contributed by atoms with Crippen LogP contribution in [-0.2, 0) is 16.0 Å². The van der Waals surface area contributed by atoms with E-state index in [0.29, 0.717) is 5.56 Å². The number of methoxy groups -OCH3 is 1. The Balaban J connectivity index is 2.49. The molecule has 1 aliphatic rings. The van der Waals surface area contributed by atoms with Crippen LogP contribution < -0.4 is 4.74 Å². The van der Waals surface area contributed by atoms with Crippen molar-refractivity contribution in [1.29, 1.82) is 0 Å². The number of benzene rings is 1. The quantitative estimate of drug-likeness (QED) is 0.468. The van der Waals surface area contributed by atoms with Crippen molar-refractivity contribution < 1.29 is 19.2 Å². The van der Waals surface area contributed by atoms with Crippen molar-refractivity contribution in [3.05, 3.63) is 32.8 Å². The highest BCUT2D eigenvalue weighted by atomic mass is 35.5. The van der Waals surface area contributed by atoms with E-state index in [1.54, 1.807) is 6.07 Å². The maximum Gasteiger partial charge on any atom is 0.350 e. The highest BCUT2D eigenvalue weighted by Crippen LogP contribution is 2.43. The van der Waals surface area contributed by atoms with E-state index in [1.165, 1.54) is 20.1 Å². The molecule has 0 N–H and O–H groups in total. The van der Waals surface area contributed by atoms with Gasteiger partial charge in [-0.25, -0.2) is 4.79 Å². The number of nitro groups is 1. The molecule has 0 spiro atoms. The average Bonchev–Trinajstić information content (AvgIpc) is 2.64. The second-order valence-electron chi connectivity index (χ2n) is 4.17. The molecule has 1 aliphatic heterocycles. The van der Waals surface area contributed by atoms with Gasteiger partial charge in [0.1, 0.15) is 0 Å². The maximum atomic E-state index is 11.6. The maximum absolute atomic E-state index is 11.6. The lowest BCUT2D eigenvalue weighted by Crippen LogP contribution is -2.41. The molecular formula is C11H10ClNO5. The molecule has 1 heterocycles. The van der Waals surface area contributed by atoms with Gasteiger partial charge in [-0.1, -0.05) is 11.6 Å². The zero-order valence-electron chi connectivity index (χ0n) is 9.73. The second-order valence-corrected chi connectivity index (χ2v) is 4.61. The van der Waals surface area contributed by atoms with Crippen molar-refractivity contribution in [2.75, 3.05) is 7.11 Å². The molecule has 2 rings (SSSR count). The molecule has 0 bridgehead atoms. The number of esters is 1. The molecule has 0 aromatic heterocycles. The second kappa shape index (κ2) is 4.13. The molecule has 0 saturated carbocycles. The van der Waals surface area contributed by atoms with Crippen molar-refractivity contribution in [3.8, 4) is 5.75 Å². The van der Waals surface area contributed by atoms with E-state index >= 15 is 0 Å². The fraction of sp³-hybridized carbons (Fsp3) is 0.364. The highest BCUT2D eigenvalue weighted by Gasteiger charge is 2.46. The molecule has 1 atom stereocenters. The van der Waals surface area contributed by atoms with E-state index in [9.17, 15) is 14.9 Å². The number of carbonyl (C=O) groups excluding carboxylic acids is 1. The first-order valence-corrected chi connectivity index (χ1v) is 5.49. The Bertz CT molecular complexity index is 544. The van der Waals surface area contributed by atoms with Gasteiger partial charge in [-0.3, -0.25) is 10.1 Å². The molecule has 7 heteroatoms. The minimum atomic E-state index is -1.24. The molecule has 18 heavy (non-hydrogen) atoms. The molecule has 0 aliphatic carbocycles. The van der Waals surface area contributed by atoms with E-state index in [4.69, 9.17) is 16.3 Å². The minimum absolute atomic E-state index is 0.0808. The Morgan fingerprint density at radius 1 is 1.61 bits per heavy atom. The van der Waals surface area contributed by atoms with Gasteiger partial charge in [0, 0.05) is 23.1 Å². The van der Waals surface area contributed by atoms with Crippen LogP contribution in [0.15, 0.2) is 12.1 Å². The van der Waals surface area contributed by atoms with E-state index in [0.717, 1.165) is 0 Å². The lowest BCUT2D eigenvalue weighted by Gasteiger charge is -2.19. The summed E-state index contributed by atoms with van der Waals surface area (Å²) in [5.41, 5.74) is -0.959. The standard InChI is InChI=1S/C11H10ClNO5/c1-11(10(14)17-2)5-6-3-7(12)4-8(13(15)16)9(6)18-11/h3-4H,5H2,1-2H3. The molecular weight excluding hydrogens is 262 g/mol. The monoisotopic (exact) mass is 271 g/mol. The smallest absolute Gasteiger partial charge is 0.350 e. The van der Waals surface area contributed by atoms with Gasteiger partial charge in [0.2, 0.25) is 11.4 Å².